The minimum Gasteiger partial charge on any atom is -0.351 e. The van der Waals surface area contributed by atoms with Crippen LogP contribution in [0.3, 0.4) is 0 Å². The highest BCUT2D eigenvalue weighted by molar-refractivity contribution is 5.79. The van der Waals surface area contributed by atoms with Crippen LogP contribution in [-0.4, -0.2) is 11.4 Å². The first-order valence-electron chi connectivity index (χ1n) is 5.50. The molecular formula is C13H20N2O. The fraction of sp³-hybridized carbons (Fsp3) is 0.462. The van der Waals surface area contributed by atoms with Gasteiger partial charge in [0.25, 0.3) is 0 Å². The summed E-state index contributed by atoms with van der Waals surface area (Å²) in [7, 11) is 0. The highest BCUT2D eigenvalue weighted by Gasteiger charge is 2.14. The van der Waals surface area contributed by atoms with Gasteiger partial charge in [0.05, 0.1) is 6.42 Å². The zero-order valence-electron chi connectivity index (χ0n) is 10.2. The molecule has 0 aliphatic rings. The smallest absolute Gasteiger partial charge is 0.224 e. The van der Waals surface area contributed by atoms with Gasteiger partial charge in [0.1, 0.15) is 0 Å². The second kappa shape index (κ2) is 5.12. The maximum absolute atomic E-state index is 11.7. The number of carbonyl (C=O) groups excluding carboxylic acids is 1. The number of amides is 1. The molecule has 16 heavy (non-hydrogen) atoms. The quantitative estimate of drug-likeness (QED) is 0.813. The summed E-state index contributed by atoms with van der Waals surface area (Å²) >= 11 is 0. The molecule has 0 atom stereocenters. The molecule has 0 saturated carbocycles. The van der Waals surface area contributed by atoms with E-state index in [2.05, 4.69) is 5.32 Å². The Bertz CT molecular complexity index is 366. The van der Waals surface area contributed by atoms with Crippen molar-refractivity contribution >= 4 is 5.91 Å². The Hall–Kier alpha value is -1.35. The van der Waals surface area contributed by atoms with Crippen LogP contribution in [0.15, 0.2) is 24.3 Å². The molecule has 1 aromatic rings. The predicted octanol–water partition coefficient (Wildman–Crippen LogP) is 1.60. The van der Waals surface area contributed by atoms with Crippen LogP contribution in [-0.2, 0) is 17.8 Å². The monoisotopic (exact) mass is 220 g/mol. The second-order valence-electron chi connectivity index (χ2n) is 4.95. The molecule has 1 aromatic carbocycles. The first-order valence-corrected chi connectivity index (χ1v) is 5.50. The minimum atomic E-state index is -0.186. The van der Waals surface area contributed by atoms with E-state index in [0.29, 0.717) is 13.0 Å². The number of carbonyl (C=O) groups is 1. The fourth-order valence-corrected chi connectivity index (χ4v) is 1.56. The molecular weight excluding hydrogens is 200 g/mol. The summed E-state index contributed by atoms with van der Waals surface area (Å²) in [4.78, 5) is 11.7. The zero-order valence-corrected chi connectivity index (χ0v) is 10.2. The van der Waals surface area contributed by atoms with Crippen LogP contribution in [0.5, 0.6) is 0 Å². The molecule has 0 heterocycles. The topological polar surface area (TPSA) is 55.1 Å². The van der Waals surface area contributed by atoms with E-state index >= 15 is 0 Å². The largest absolute Gasteiger partial charge is 0.351 e. The van der Waals surface area contributed by atoms with E-state index in [9.17, 15) is 4.79 Å². The number of benzene rings is 1. The molecule has 1 rings (SSSR count). The number of hydrogen-bond acceptors (Lipinski definition) is 2. The van der Waals surface area contributed by atoms with E-state index in [1.807, 2.05) is 45.0 Å². The first-order chi connectivity index (χ1) is 7.42. The first kappa shape index (κ1) is 12.7. The van der Waals surface area contributed by atoms with Crippen molar-refractivity contribution in [2.75, 3.05) is 0 Å². The molecule has 0 radical (unpaired) electrons. The summed E-state index contributed by atoms with van der Waals surface area (Å²) in [6, 6.07) is 7.77. The predicted molar refractivity (Wildman–Crippen MR) is 65.9 cm³/mol. The van der Waals surface area contributed by atoms with E-state index in [1.54, 1.807) is 0 Å². The second-order valence-corrected chi connectivity index (χ2v) is 4.95. The number of nitrogens with one attached hydrogen (secondary N) is 1. The summed E-state index contributed by atoms with van der Waals surface area (Å²) in [5, 5.41) is 2.94. The molecule has 0 bridgehead atoms. The van der Waals surface area contributed by atoms with Gasteiger partial charge in [0, 0.05) is 12.1 Å². The molecule has 0 aliphatic heterocycles. The molecule has 3 nitrogen and oxygen atoms in total. The molecule has 0 aliphatic carbocycles. The van der Waals surface area contributed by atoms with Gasteiger partial charge in [-0.05, 0) is 31.9 Å². The molecule has 3 heteroatoms. The highest BCUT2D eigenvalue weighted by Crippen LogP contribution is 2.09. The number of nitrogens with two attached hydrogens (primary N) is 1. The standard InChI is InChI=1S/C13H20N2O/c1-13(2,3)15-12(16)8-10-6-4-5-7-11(10)9-14/h4-7H,8-9,14H2,1-3H3,(H,15,16). The third-order valence-corrected chi connectivity index (χ3v) is 2.20. The van der Waals surface area contributed by atoms with Crippen LogP contribution >= 0.6 is 0 Å². The Labute approximate surface area is 97.0 Å². The van der Waals surface area contributed by atoms with Gasteiger partial charge in [-0.25, -0.2) is 0 Å². The van der Waals surface area contributed by atoms with E-state index < -0.39 is 0 Å². The average Bonchev–Trinajstić information content (AvgIpc) is 2.15. The molecule has 3 N–H and O–H groups in total. The van der Waals surface area contributed by atoms with Gasteiger partial charge in [0.15, 0.2) is 0 Å². The van der Waals surface area contributed by atoms with E-state index in [1.165, 1.54) is 0 Å². The van der Waals surface area contributed by atoms with Crippen molar-refractivity contribution in [3.05, 3.63) is 35.4 Å². The Balaban J connectivity index is 2.70. The maximum Gasteiger partial charge on any atom is 0.224 e. The Morgan fingerprint density at radius 2 is 1.81 bits per heavy atom. The van der Waals surface area contributed by atoms with Crippen molar-refractivity contribution in [1.82, 2.24) is 5.32 Å². The Morgan fingerprint density at radius 1 is 1.25 bits per heavy atom. The lowest BCUT2D eigenvalue weighted by Crippen LogP contribution is -2.41. The van der Waals surface area contributed by atoms with Crippen molar-refractivity contribution < 1.29 is 4.79 Å². The third kappa shape index (κ3) is 4.03. The van der Waals surface area contributed by atoms with Crippen LogP contribution in [0, 0.1) is 0 Å². The Kier molecular flexibility index (Phi) is 4.07. The molecule has 1 amide bonds. The van der Waals surface area contributed by atoms with Crippen molar-refractivity contribution in [3.63, 3.8) is 0 Å². The van der Waals surface area contributed by atoms with Gasteiger partial charge in [-0.3, -0.25) is 4.79 Å². The molecule has 0 fully saturated rings. The summed E-state index contributed by atoms with van der Waals surface area (Å²) in [5.74, 6) is 0.0356. The molecule has 0 aromatic heterocycles. The Morgan fingerprint density at radius 3 is 2.31 bits per heavy atom. The van der Waals surface area contributed by atoms with Crippen molar-refractivity contribution in [3.8, 4) is 0 Å². The molecule has 0 unspecified atom stereocenters. The lowest BCUT2D eigenvalue weighted by atomic mass is 10.0. The lowest BCUT2D eigenvalue weighted by Gasteiger charge is -2.20. The summed E-state index contributed by atoms with van der Waals surface area (Å²) < 4.78 is 0. The van der Waals surface area contributed by atoms with Gasteiger partial charge in [0.2, 0.25) is 5.91 Å². The van der Waals surface area contributed by atoms with E-state index in [4.69, 9.17) is 5.73 Å². The van der Waals surface area contributed by atoms with E-state index in [0.717, 1.165) is 11.1 Å². The zero-order chi connectivity index (χ0) is 12.2. The normalized spacial score (nSPS) is 11.2. The highest BCUT2D eigenvalue weighted by atomic mass is 16.1. The fourth-order valence-electron chi connectivity index (χ4n) is 1.56. The third-order valence-electron chi connectivity index (χ3n) is 2.20. The molecule has 0 spiro atoms. The SMILES string of the molecule is CC(C)(C)NC(=O)Cc1ccccc1CN. The van der Waals surface area contributed by atoms with Crippen molar-refractivity contribution in [2.45, 2.75) is 39.3 Å². The maximum atomic E-state index is 11.7. The van der Waals surface area contributed by atoms with Crippen molar-refractivity contribution in [2.24, 2.45) is 5.73 Å². The van der Waals surface area contributed by atoms with Crippen LogP contribution < -0.4 is 11.1 Å². The number of hydrogen-bond donors (Lipinski definition) is 2. The van der Waals surface area contributed by atoms with Crippen LogP contribution in [0.25, 0.3) is 0 Å². The van der Waals surface area contributed by atoms with Crippen LogP contribution in [0.1, 0.15) is 31.9 Å². The average molecular weight is 220 g/mol. The minimum absolute atomic E-state index is 0.0356. The van der Waals surface area contributed by atoms with Gasteiger partial charge >= 0.3 is 0 Å². The summed E-state index contributed by atoms with van der Waals surface area (Å²) in [6.45, 7) is 6.39. The van der Waals surface area contributed by atoms with Crippen molar-refractivity contribution in [1.29, 1.82) is 0 Å². The lowest BCUT2D eigenvalue weighted by molar-refractivity contribution is -0.121. The summed E-state index contributed by atoms with van der Waals surface area (Å²) in [5.41, 5.74) is 7.48. The van der Waals surface area contributed by atoms with Gasteiger partial charge < -0.3 is 11.1 Å². The number of rotatable bonds is 3. The van der Waals surface area contributed by atoms with Crippen LogP contribution in [0.4, 0.5) is 0 Å². The van der Waals surface area contributed by atoms with Gasteiger partial charge in [-0.2, -0.15) is 0 Å². The van der Waals surface area contributed by atoms with E-state index in [-0.39, 0.29) is 11.4 Å². The summed E-state index contributed by atoms with van der Waals surface area (Å²) in [6.07, 6.45) is 0.393. The van der Waals surface area contributed by atoms with Crippen LogP contribution in [0.2, 0.25) is 0 Å². The molecule has 88 valence electrons. The molecule has 0 saturated heterocycles. The van der Waals surface area contributed by atoms with Gasteiger partial charge in [-0.15, -0.1) is 0 Å². The van der Waals surface area contributed by atoms with Gasteiger partial charge in [-0.1, -0.05) is 24.3 Å².